The molecule has 0 radical (unpaired) electrons. The van der Waals surface area contributed by atoms with Crippen molar-refractivity contribution in [2.45, 2.75) is 12.8 Å². The summed E-state index contributed by atoms with van der Waals surface area (Å²) in [6, 6.07) is 5.96. The van der Waals surface area contributed by atoms with Crippen LogP contribution in [0.5, 0.6) is 0 Å². The summed E-state index contributed by atoms with van der Waals surface area (Å²) in [4.78, 5) is 36.7. The van der Waals surface area contributed by atoms with Gasteiger partial charge in [-0.05, 0) is 31.0 Å². The number of nitrogens with zero attached hydrogens (tertiary/aromatic N) is 1. The van der Waals surface area contributed by atoms with E-state index in [1.165, 1.54) is 12.1 Å². The van der Waals surface area contributed by atoms with Crippen LogP contribution >= 0.6 is 0 Å². The SMILES string of the molecule is CNC(=O)[C@H]1CCCN(C(=O)c2cccc(C(=O)O)c2)C1. The molecule has 1 heterocycles. The summed E-state index contributed by atoms with van der Waals surface area (Å²) >= 11 is 0. The number of likely N-dealkylation sites (tertiary alicyclic amines) is 1. The average molecular weight is 290 g/mol. The molecule has 6 nitrogen and oxygen atoms in total. The number of carbonyl (C=O) groups is 3. The van der Waals surface area contributed by atoms with Gasteiger partial charge in [-0.1, -0.05) is 6.07 Å². The van der Waals surface area contributed by atoms with Gasteiger partial charge in [-0.25, -0.2) is 4.79 Å². The molecule has 0 saturated carbocycles. The van der Waals surface area contributed by atoms with Crippen LogP contribution in [0.1, 0.15) is 33.6 Å². The van der Waals surface area contributed by atoms with Crippen molar-refractivity contribution >= 4 is 17.8 Å². The Morgan fingerprint density at radius 3 is 2.67 bits per heavy atom. The van der Waals surface area contributed by atoms with Crippen molar-refractivity contribution in [1.82, 2.24) is 10.2 Å². The molecule has 0 unspecified atom stereocenters. The van der Waals surface area contributed by atoms with Gasteiger partial charge < -0.3 is 15.3 Å². The lowest BCUT2D eigenvalue weighted by atomic mass is 9.96. The molecule has 0 aliphatic carbocycles. The van der Waals surface area contributed by atoms with Crippen LogP contribution in [-0.4, -0.2) is 47.9 Å². The molecule has 2 N–H and O–H groups in total. The van der Waals surface area contributed by atoms with Crippen molar-refractivity contribution in [2.24, 2.45) is 5.92 Å². The maximum atomic E-state index is 12.4. The van der Waals surface area contributed by atoms with Gasteiger partial charge in [0.1, 0.15) is 0 Å². The lowest BCUT2D eigenvalue weighted by molar-refractivity contribution is -0.125. The smallest absolute Gasteiger partial charge is 0.335 e. The molecule has 112 valence electrons. The Balaban J connectivity index is 2.14. The van der Waals surface area contributed by atoms with Crippen LogP contribution in [0.4, 0.5) is 0 Å². The normalized spacial score (nSPS) is 18.1. The zero-order chi connectivity index (χ0) is 15.4. The first-order chi connectivity index (χ1) is 10.0. The van der Waals surface area contributed by atoms with E-state index >= 15 is 0 Å². The summed E-state index contributed by atoms with van der Waals surface area (Å²) < 4.78 is 0. The fourth-order valence-electron chi connectivity index (χ4n) is 2.55. The Morgan fingerprint density at radius 1 is 1.29 bits per heavy atom. The first-order valence-corrected chi connectivity index (χ1v) is 6.87. The molecular formula is C15H18N2O4. The van der Waals surface area contributed by atoms with E-state index in [0.717, 1.165) is 12.8 Å². The van der Waals surface area contributed by atoms with Crippen LogP contribution in [0.25, 0.3) is 0 Å². The summed E-state index contributed by atoms with van der Waals surface area (Å²) in [6.07, 6.45) is 1.53. The third kappa shape index (κ3) is 3.39. The van der Waals surface area contributed by atoms with E-state index in [0.29, 0.717) is 18.7 Å². The second kappa shape index (κ2) is 6.39. The van der Waals surface area contributed by atoms with Gasteiger partial charge in [0.15, 0.2) is 0 Å². The zero-order valence-corrected chi connectivity index (χ0v) is 11.8. The average Bonchev–Trinajstić information content (AvgIpc) is 2.53. The van der Waals surface area contributed by atoms with Crippen LogP contribution in [-0.2, 0) is 4.79 Å². The first kappa shape index (κ1) is 15.0. The first-order valence-electron chi connectivity index (χ1n) is 6.87. The van der Waals surface area contributed by atoms with E-state index in [9.17, 15) is 14.4 Å². The minimum atomic E-state index is -1.06. The molecule has 1 aliphatic rings. The summed E-state index contributed by atoms with van der Waals surface area (Å²) in [5.41, 5.74) is 0.424. The van der Waals surface area contributed by atoms with E-state index in [1.54, 1.807) is 24.1 Å². The highest BCUT2D eigenvalue weighted by Crippen LogP contribution is 2.19. The number of benzene rings is 1. The van der Waals surface area contributed by atoms with Crippen LogP contribution in [0.2, 0.25) is 0 Å². The highest BCUT2D eigenvalue weighted by Gasteiger charge is 2.28. The molecule has 1 saturated heterocycles. The molecule has 0 aromatic heterocycles. The molecule has 6 heteroatoms. The summed E-state index contributed by atoms with van der Waals surface area (Å²) in [6.45, 7) is 0.958. The molecule has 1 aromatic carbocycles. The predicted octanol–water partition coefficient (Wildman–Crippen LogP) is 0.983. The van der Waals surface area contributed by atoms with Crippen molar-refractivity contribution < 1.29 is 19.5 Å². The Bertz CT molecular complexity index is 571. The molecule has 1 fully saturated rings. The summed E-state index contributed by atoms with van der Waals surface area (Å²) in [5.74, 6) is -1.56. The Labute approximate surface area is 122 Å². The lowest BCUT2D eigenvalue weighted by Crippen LogP contribution is -2.44. The van der Waals surface area contributed by atoms with Crippen LogP contribution in [0.15, 0.2) is 24.3 Å². The summed E-state index contributed by atoms with van der Waals surface area (Å²) in [7, 11) is 1.58. The number of rotatable bonds is 3. The largest absolute Gasteiger partial charge is 0.478 e. The molecule has 1 aromatic rings. The van der Waals surface area contributed by atoms with E-state index in [1.807, 2.05) is 0 Å². The maximum Gasteiger partial charge on any atom is 0.335 e. The van der Waals surface area contributed by atoms with Crippen molar-refractivity contribution in [1.29, 1.82) is 0 Å². The van der Waals surface area contributed by atoms with Gasteiger partial charge in [0, 0.05) is 25.7 Å². The number of piperidine rings is 1. The van der Waals surface area contributed by atoms with Gasteiger partial charge >= 0.3 is 5.97 Å². The minimum absolute atomic E-state index is 0.0632. The molecule has 1 atom stereocenters. The van der Waals surface area contributed by atoms with Gasteiger partial charge in [-0.15, -0.1) is 0 Å². The van der Waals surface area contributed by atoms with Crippen LogP contribution < -0.4 is 5.32 Å². The monoisotopic (exact) mass is 290 g/mol. The molecule has 1 aliphatic heterocycles. The molecule has 2 amide bonds. The quantitative estimate of drug-likeness (QED) is 0.869. The number of carboxylic acid groups (broad SMARTS) is 1. The number of carboxylic acids is 1. The molecular weight excluding hydrogens is 272 g/mol. The number of hydrogen-bond acceptors (Lipinski definition) is 3. The van der Waals surface area contributed by atoms with Gasteiger partial charge in [0.25, 0.3) is 5.91 Å². The number of aromatic carboxylic acids is 1. The van der Waals surface area contributed by atoms with Crippen molar-refractivity contribution in [2.75, 3.05) is 20.1 Å². The second-order valence-corrected chi connectivity index (χ2v) is 5.09. The van der Waals surface area contributed by atoms with E-state index in [-0.39, 0.29) is 23.3 Å². The number of hydrogen-bond donors (Lipinski definition) is 2. The van der Waals surface area contributed by atoms with E-state index in [2.05, 4.69) is 5.32 Å². The molecule has 0 spiro atoms. The van der Waals surface area contributed by atoms with Crippen molar-refractivity contribution in [3.05, 3.63) is 35.4 Å². The van der Waals surface area contributed by atoms with Crippen molar-refractivity contribution in [3.63, 3.8) is 0 Å². The molecule has 2 rings (SSSR count). The van der Waals surface area contributed by atoms with Gasteiger partial charge in [0.2, 0.25) is 5.91 Å². The number of nitrogens with one attached hydrogen (secondary N) is 1. The van der Waals surface area contributed by atoms with Crippen LogP contribution in [0.3, 0.4) is 0 Å². The molecule has 0 bridgehead atoms. The maximum absolute atomic E-state index is 12.4. The summed E-state index contributed by atoms with van der Waals surface area (Å²) in [5, 5.41) is 11.6. The number of carbonyl (C=O) groups excluding carboxylic acids is 2. The Kier molecular flexibility index (Phi) is 4.57. The Morgan fingerprint density at radius 2 is 2.00 bits per heavy atom. The third-order valence-electron chi connectivity index (χ3n) is 3.68. The zero-order valence-electron chi connectivity index (χ0n) is 11.8. The highest BCUT2D eigenvalue weighted by atomic mass is 16.4. The number of amides is 2. The van der Waals surface area contributed by atoms with E-state index < -0.39 is 5.97 Å². The third-order valence-corrected chi connectivity index (χ3v) is 3.68. The van der Waals surface area contributed by atoms with Crippen LogP contribution in [0, 0.1) is 5.92 Å². The van der Waals surface area contributed by atoms with Gasteiger partial charge in [-0.2, -0.15) is 0 Å². The van der Waals surface area contributed by atoms with Gasteiger partial charge in [0.05, 0.1) is 11.5 Å². The second-order valence-electron chi connectivity index (χ2n) is 5.09. The van der Waals surface area contributed by atoms with Crippen molar-refractivity contribution in [3.8, 4) is 0 Å². The minimum Gasteiger partial charge on any atom is -0.478 e. The highest BCUT2D eigenvalue weighted by molar-refractivity contribution is 5.97. The predicted molar refractivity (Wildman–Crippen MR) is 76.1 cm³/mol. The fraction of sp³-hybridized carbons (Fsp3) is 0.400. The Hall–Kier alpha value is -2.37. The molecule has 21 heavy (non-hydrogen) atoms. The van der Waals surface area contributed by atoms with Gasteiger partial charge in [-0.3, -0.25) is 9.59 Å². The fourth-order valence-corrected chi connectivity index (χ4v) is 2.55. The lowest BCUT2D eigenvalue weighted by Gasteiger charge is -2.31. The topological polar surface area (TPSA) is 86.7 Å². The standard InChI is InChI=1S/C15H18N2O4/c1-16-13(18)12-6-3-7-17(9-12)14(19)10-4-2-5-11(8-10)15(20)21/h2,4-5,8,12H,3,6-7,9H2,1H3,(H,16,18)(H,20,21)/t12-/m0/s1. The van der Waals surface area contributed by atoms with E-state index in [4.69, 9.17) is 5.11 Å².